The van der Waals surface area contributed by atoms with Gasteiger partial charge in [0.25, 0.3) is 0 Å². The van der Waals surface area contributed by atoms with E-state index in [0.29, 0.717) is 0 Å². The van der Waals surface area contributed by atoms with Crippen LogP contribution in [0.3, 0.4) is 0 Å². The van der Waals surface area contributed by atoms with Crippen LogP contribution in [0.1, 0.15) is 25.8 Å². The standard InChI is InChI=1S/C13H20O2/c1-10(13(15)11(2)14)8-9-12-6-4-3-5-7-12/h3-7,10-11,13-15H,8-9H2,1-2H3/t10-,11-,13-/m1/s1. The molecule has 0 radical (unpaired) electrons. The third-order valence-electron chi connectivity index (χ3n) is 2.81. The zero-order valence-corrected chi connectivity index (χ0v) is 9.43. The van der Waals surface area contributed by atoms with E-state index < -0.39 is 12.2 Å². The van der Waals surface area contributed by atoms with Crippen molar-refractivity contribution < 1.29 is 10.2 Å². The molecule has 0 aliphatic rings. The van der Waals surface area contributed by atoms with Gasteiger partial charge in [0.15, 0.2) is 0 Å². The predicted molar refractivity (Wildman–Crippen MR) is 61.6 cm³/mol. The Morgan fingerprint density at radius 3 is 2.20 bits per heavy atom. The molecule has 1 rings (SSSR count). The van der Waals surface area contributed by atoms with Crippen molar-refractivity contribution in [3.63, 3.8) is 0 Å². The summed E-state index contributed by atoms with van der Waals surface area (Å²) in [7, 11) is 0. The minimum absolute atomic E-state index is 0.130. The van der Waals surface area contributed by atoms with Crippen LogP contribution in [-0.4, -0.2) is 22.4 Å². The fourth-order valence-electron chi connectivity index (χ4n) is 1.69. The lowest BCUT2D eigenvalue weighted by atomic mass is 9.93. The Morgan fingerprint density at radius 2 is 1.67 bits per heavy atom. The van der Waals surface area contributed by atoms with E-state index in [1.165, 1.54) is 5.56 Å². The lowest BCUT2D eigenvalue weighted by molar-refractivity contribution is -0.00423. The Labute approximate surface area is 91.6 Å². The molecule has 0 spiro atoms. The third-order valence-corrected chi connectivity index (χ3v) is 2.81. The number of aliphatic hydroxyl groups is 2. The van der Waals surface area contributed by atoms with Gasteiger partial charge in [-0.3, -0.25) is 0 Å². The van der Waals surface area contributed by atoms with Gasteiger partial charge in [0.2, 0.25) is 0 Å². The molecule has 0 heterocycles. The second-order valence-electron chi connectivity index (χ2n) is 4.23. The number of hydrogen-bond acceptors (Lipinski definition) is 2. The van der Waals surface area contributed by atoms with E-state index in [9.17, 15) is 10.2 Å². The Morgan fingerprint density at radius 1 is 1.07 bits per heavy atom. The highest BCUT2D eigenvalue weighted by atomic mass is 16.3. The summed E-state index contributed by atoms with van der Waals surface area (Å²) in [6, 6.07) is 10.2. The minimum atomic E-state index is -0.643. The van der Waals surface area contributed by atoms with Crippen molar-refractivity contribution in [3.05, 3.63) is 35.9 Å². The van der Waals surface area contributed by atoms with Gasteiger partial charge < -0.3 is 10.2 Å². The SMILES string of the molecule is C[C@H](CCc1ccccc1)[C@@H](O)[C@@H](C)O. The Bertz CT molecular complexity index is 269. The molecule has 0 bridgehead atoms. The lowest BCUT2D eigenvalue weighted by Crippen LogP contribution is -2.29. The molecular formula is C13H20O2. The van der Waals surface area contributed by atoms with Crippen molar-refractivity contribution >= 4 is 0 Å². The van der Waals surface area contributed by atoms with Crippen LogP contribution in [0.25, 0.3) is 0 Å². The van der Waals surface area contributed by atoms with Crippen molar-refractivity contribution in [1.29, 1.82) is 0 Å². The zero-order chi connectivity index (χ0) is 11.3. The normalized spacial score (nSPS) is 17.1. The molecule has 0 fully saturated rings. The van der Waals surface area contributed by atoms with Crippen molar-refractivity contribution in [2.24, 2.45) is 5.92 Å². The molecule has 0 aliphatic carbocycles. The van der Waals surface area contributed by atoms with Gasteiger partial charge in [-0.2, -0.15) is 0 Å². The summed E-state index contributed by atoms with van der Waals surface area (Å²) in [6.45, 7) is 3.60. The minimum Gasteiger partial charge on any atom is -0.391 e. The predicted octanol–water partition coefficient (Wildman–Crippen LogP) is 2.00. The first kappa shape index (κ1) is 12.2. The number of rotatable bonds is 5. The van der Waals surface area contributed by atoms with Gasteiger partial charge in [-0.15, -0.1) is 0 Å². The molecule has 0 aromatic heterocycles. The van der Waals surface area contributed by atoms with Gasteiger partial charge >= 0.3 is 0 Å². The summed E-state index contributed by atoms with van der Waals surface area (Å²) in [4.78, 5) is 0. The Hall–Kier alpha value is -0.860. The number of aliphatic hydroxyl groups excluding tert-OH is 2. The number of benzene rings is 1. The topological polar surface area (TPSA) is 40.5 Å². The zero-order valence-electron chi connectivity index (χ0n) is 9.43. The number of aryl methyl sites for hydroxylation is 1. The molecule has 84 valence electrons. The summed E-state index contributed by atoms with van der Waals surface area (Å²) >= 11 is 0. The maximum absolute atomic E-state index is 9.62. The van der Waals surface area contributed by atoms with Crippen LogP contribution >= 0.6 is 0 Å². The fourth-order valence-corrected chi connectivity index (χ4v) is 1.69. The van der Waals surface area contributed by atoms with Crippen LogP contribution < -0.4 is 0 Å². The molecule has 0 amide bonds. The van der Waals surface area contributed by atoms with E-state index in [1.54, 1.807) is 6.92 Å². The molecule has 0 saturated heterocycles. The van der Waals surface area contributed by atoms with Gasteiger partial charge in [0.05, 0.1) is 12.2 Å². The second-order valence-corrected chi connectivity index (χ2v) is 4.23. The maximum atomic E-state index is 9.62. The maximum Gasteiger partial charge on any atom is 0.0821 e. The van der Waals surface area contributed by atoms with Crippen molar-refractivity contribution in [2.45, 2.75) is 38.9 Å². The highest BCUT2D eigenvalue weighted by Crippen LogP contribution is 2.15. The van der Waals surface area contributed by atoms with Crippen LogP contribution in [0.4, 0.5) is 0 Å². The van der Waals surface area contributed by atoms with Crippen molar-refractivity contribution in [1.82, 2.24) is 0 Å². The molecule has 0 aliphatic heterocycles. The lowest BCUT2D eigenvalue weighted by Gasteiger charge is -2.21. The van der Waals surface area contributed by atoms with Gasteiger partial charge in [0, 0.05) is 0 Å². The van der Waals surface area contributed by atoms with E-state index in [2.05, 4.69) is 12.1 Å². The van der Waals surface area contributed by atoms with Gasteiger partial charge in [-0.1, -0.05) is 37.3 Å². The fraction of sp³-hybridized carbons (Fsp3) is 0.538. The van der Waals surface area contributed by atoms with E-state index in [0.717, 1.165) is 12.8 Å². The first-order chi connectivity index (χ1) is 7.11. The van der Waals surface area contributed by atoms with Crippen LogP contribution in [0.2, 0.25) is 0 Å². The molecule has 3 atom stereocenters. The molecule has 2 N–H and O–H groups in total. The molecule has 1 aromatic rings. The van der Waals surface area contributed by atoms with E-state index >= 15 is 0 Å². The van der Waals surface area contributed by atoms with Crippen LogP contribution in [0.15, 0.2) is 30.3 Å². The molecule has 1 aromatic carbocycles. The quantitative estimate of drug-likeness (QED) is 0.777. The Balaban J connectivity index is 2.37. The largest absolute Gasteiger partial charge is 0.391 e. The molecular weight excluding hydrogens is 188 g/mol. The van der Waals surface area contributed by atoms with E-state index in [4.69, 9.17) is 0 Å². The van der Waals surface area contributed by atoms with Crippen molar-refractivity contribution in [2.75, 3.05) is 0 Å². The summed E-state index contributed by atoms with van der Waals surface area (Å²) in [5.41, 5.74) is 1.28. The van der Waals surface area contributed by atoms with Crippen molar-refractivity contribution in [3.8, 4) is 0 Å². The first-order valence-electron chi connectivity index (χ1n) is 5.51. The van der Waals surface area contributed by atoms with Crippen LogP contribution in [0, 0.1) is 5.92 Å². The molecule has 0 saturated carbocycles. The summed E-state index contributed by atoms with van der Waals surface area (Å²) in [6.07, 6.45) is 0.589. The average molecular weight is 208 g/mol. The van der Waals surface area contributed by atoms with Gasteiger partial charge in [-0.05, 0) is 31.2 Å². The van der Waals surface area contributed by atoms with Crippen LogP contribution in [-0.2, 0) is 6.42 Å². The Kier molecular flexibility index (Phi) is 4.79. The second kappa shape index (κ2) is 5.89. The van der Waals surface area contributed by atoms with Gasteiger partial charge in [-0.25, -0.2) is 0 Å². The van der Waals surface area contributed by atoms with E-state index in [-0.39, 0.29) is 5.92 Å². The first-order valence-corrected chi connectivity index (χ1v) is 5.51. The molecule has 2 nitrogen and oxygen atoms in total. The van der Waals surface area contributed by atoms with E-state index in [1.807, 2.05) is 25.1 Å². The molecule has 2 heteroatoms. The average Bonchev–Trinajstić information content (AvgIpc) is 2.26. The van der Waals surface area contributed by atoms with Crippen LogP contribution in [0.5, 0.6) is 0 Å². The highest BCUT2D eigenvalue weighted by Gasteiger charge is 2.18. The summed E-state index contributed by atoms with van der Waals surface area (Å²) < 4.78 is 0. The third kappa shape index (κ3) is 4.02. The summed E-state index contributed by atoms with van der Waals surface area (Å²) in [5, 5.41) is 18.9. The highest BCUT2D eigenvalue weighted by molar-refractivity contribution is 5.14. The monoisotopic (exact) mass is 208 g/mol. The van der Waals surface area contributed by atoms with Gasteiger partial charge in [0.1, 0.15) is 0 Å². The molecule has 0 unspecified atom stereocenters. The smallest absolute Gasteiger partial charge is 0.0821 e. The summed E-state index contributed by atoms with van der Waals surface area (Å²) in [5.74, 6) is 0.130. The molecule has 15 heavy (non-hydrogen) atoms. The number of hydrogen-bond donors (Lipinski definition) is 2.